The Kier molecular flexibility index (Phi) is 3.04. The Bertz CT molecular complexity index is 910. The molecule has 0 atom stereocenters. The first kappa shape index (κ1) is 13.9. The molecule has 6 heteroatoms. The predicted molar refractivity (Wildman–Crippen MR) is 89.4 cm³/mol. The summed E-state index contributed by atoms with van der Waals surface area (Å²) < 4.78 is 14.4. The molecular weight excluding hydrogens is 305 g/mol. The van der Waals surface area contributed by atoms with E-state index in [0.717, 1.165) is 19.5 Å². The van der Waals surface area contributed by atoms with Gasteiger partial charge >= 0.3 is 0 Å². The first-order valence-corrected chi connectivity index (χ1v) is 8.51. The maximum absolute atomic E-state index is 14.4. The van der Waals surface area contributed by atoms with Crippen molar-refractivity contribution in [3.8, 4) is 0 Å². The van der Waals surface area contributed by atoms with Gasteiger partial charge in [-0.3, -0.25) is 5.10 Å². The van der Waals surface area contributed by atoms with Crippen molar-refractivity contribution in [2.24, 2.45) is 0 Å². The highest BCUT2D eigenvalue weighted by molar-refractivity contribution is 5.89. The molecule has 5 rings (SSSR count). The Morgan fingerprint density at radius 3 is 2.96 bits per heavy atom. The number of aromatic amines is 1. The summed E-state index contributed by atoms with van der Waals surface area (Å²) in [5, 5.41) is 8.29. The fourth-order valence-electron chi connectivity index (χ4n) is 3.81. The van der Waals surface area contributed by atoms with Crippen LogP contribution in [0.25, 0.3) is 10.9 Å². The molecule has 0 unspecified atom stereocenters. The third-order valence-corrected chi connectivity index (χ3v) is 5.35. The Balaban J connectivity index is 1.57. The van der Waals surface area contributed by atoms with Crippen LogP contribution >= 0.6 is 0 Å². The lowest BCUT2D eigenvalue weighted by Gasteiger charge is -2.31. The monoisotopic (exact) mass is 323 g/mol. The summed E-state index contributed by atoms with van der Waals surface area (Å²) in [6.07, 6.45) is 6.15. The number of anilines is 1. The van der Waals surface area contributed by atoms with Crippen molar-refractivity contribution in [1.82, 2.24) is 20.2 Å². The lowest BCUT2D eigenvalue weighted by molar-refractivity contribution is 0.408. The molecule has 24 heavy (non-hydrogen) atoms. The van der Waals surface area contributed by atoms with Crippen molar-refractivity contribution < 1.29 is 4.39 Å². The number of H-pyrrole nitrogens is 1. The third-order valence-electron chi connectivity index (χ3n) is 5.35. The van der Waals surface area contributed by atoms with Gasteiger partial charge in [0.25, 0.3) is 0 Å². The van der Waals surface area contributed by atoms with Gasteiger partial charge in [-0.25, -0.2) is 14.4 Å². The van der Waals surface area contributed by atoms with E-state index >= 15 is 0 Å². The van der Waals surface area contributed by atoms with Crippen LogP contribution in [0, 0.1) is 5.82 Å². The molecule has 0 bridgehead atoms. The van der Waals surface area contributed by atoms with Crippen LogP contribution in [0.15, 0.2) is 24.5 Å². The fourth-order valence-corrected chi connectivity index (χ4v) is 3.81. The molecule has 1 aliphatic carbocycles. The summed E-state index contributed by atoms with van der Waals surface area (Å²) in [6.45, 7) is 1.54. The number of nitrogens with zero attached hydrogens (tertiary/aromatic N) is 4. The first-order valence-electron chi connectivity index (χ1n) is 8.51. The summed E-state index contributed by atoms with van der Waals surface area (Å²) in [5.74, 6) is 1.01. The van der Waals surface area contributed by atoms with Crippen LogP contribution in [-0.2, 0) is 13.0 Å². The molecule has 1 aromatic carbocycles. The molecule has 1 fully saturated rings. The number of halogens is 1. The van der Waals surface area contributed by atoms with E-state index in [9.17, 15) is 4.39 Å². The van der Waals surface area contributed by atoms with Crippen molar-refractivity contribution in [1.29, 1.82) is 0 Å². The molecule has 0 amide bonds. The average Bonchev–Trinajstić information content (AvgIpc) is 2.96. The molecule has 1 saturated carbocycles. The maximum atomic E-state index is 14.4. The van der Waals surface area contributed by atoms with Gasteiger partial charge in [0.1, 0.15) is 18.0 Å². The van der Waals surface area contributed by atoms with Crippen molar-refractivity contribution in [2.75, 3.05) is 11.4 Å². The third kappa shape index (κ3) is 2.02. The van der Waals surface area contributed by atoms with Gasteiger partial charge in [0.05, 0.1) is 16.6 Å². The predicted octanol–water partition coefficient (Wildman–Crippen LogP) is 3.32. The zero-order valence-electron chi connectivity index (χ0n) is 13.3. The van der Waals surface area contributed by atoms with Crippen molar-refractivity contribution >= 4 is 16.7 Å². The summed E-state index contributed by atoms with van der Waals surface area (Å²) in [6, 6.07) is 4.99. The molecule has 3 aromatic rings. The van der Waals surface area contributed by atoms with Gasteiger partial charge in [0.15, 0.2) is 0 Å². The highest BCUT2D eigenvalue weighted by Crippen LogP contribution is 2.39. The van der Waals surface area contributed by atoms with Crippen molar-refractivity contribution in [2.45, 2.75) is 38.1 Å². The van der Waals surface area contributed by atoms with E-state index in [0.29, 0.717) is 22.6 Å². The van der Waals surface area contributed by atoms with Gasteiger partial charge in [0, 0.05) is 36.7 Å². The van der Waals surface area contributed by atoms with Crippen LogP contribution in [0.4, 0.5) is 10.2 Å². The highest BCUT2D eigenvalue weighted by atomic mass is 19.1. The minimum absolute atomic E-state index is 0.264. The normalized spacial score (nSPS) is 17.8. The van der Waals surface area contributed by atoms with Gasteiger partial charge in [-0.05, 0) is 25.0 Å². The smallest absolute Gasteiger partial charge is 0.143 e. The Labute approximate surface area is 138 Å². The van der Waals surface area contributed by atoms with E-state index in [1.54, 1.807) is 6.07 Å². The maximum Gasteiger partial charge on any atom is 0.143 e. The number of hydrogen-bond acceptors (Lipinski definition) is 4. The van der Waals surface area contributed by atoms with E-state index in [2.05, 4.69) is 25.1 Å². The van der Waals surface area contributed by atoms with Crippen molar-refractivity contribution in [3.05, 3.63) is 47.3 Å². The van der Waals surface area contributed by atoms with Crippen LogP contribution in [0.2, 0.25) is 0 Å². The number of nitrogens with one attached hydrogen (secondary N) is 1. The number of aromatic nitrogens is 4. The van der Waals surface area contributed by atoms with Gasteiger partial charge in [-0.2, -0.15) is 5.10 Å². The van der Waals surface area contributed by atoms with E-state index in [-0.39, 0.29) is 5.82 Å². The molecular formula is C18H18FN5. The molecule has 122 valence electrons. The number of hydrogen-bond donors (Lipinski definition) is 1. The molecule has 2 aliphatic rings. The average molecular weight is 323 g/mol. The number of benzene rings is 1. The molecule has 3 heterocycles. The first-order chi connectivity index (χ1) is 11.8. The molecule has 1 N–H and O–H groups in total. The van der Waals surface area contributed by atoms with Gasteiger partial charge < -0.3 is 4.90 Å². The largest absolute Gasteiger partial charge is 0.351 e. The SMILES string of the molecule is Fc1cccc2ncnc(N3CCc4[nH]nc(C5CCC5)c4C3)c12. The molecule has 5 nitrogen and oxygen atoms in total. The van der Waals surface area contributed by atoms with Gasteiger partial charge in [-0.15, -0.1) is 0 Å². The highest BCUT2D eigenvalue weighted by Gasteiger charge is 2.30. The summed E-state index contributed by atoms with van der Waals surface area (Å²) in [5.41, 5.74) is 4.37. The summed E-state index contributed by atoms with van der Waals surface area (Å²) in [4.78, 5) is 10.8. The Morgan fingerprint density at radius 1 is 1.21 bits per heavy atom. The number of rotatable bonds is 2. The zero-order chi connectivity index (χ0) is 16.1. The Hall–Kier alpha value is -2.50. The van der Waals surface area contributed by atoms with Gasteiger partial charge in [-0.1, -0.05) is 12.5 Å². The fraction of sp³-hybridized carbons (Fsp3) is 0.389. The van der Waals surface area contributed by atoms with E-state index in [1.165, 1.54) is 48.6 Å². The molecule has 1 aliphatic heterocycles. The van der Waals surface area contributed by atoms with Crippen LogP contribution in [0.1, 0.15) is 42.1 Å². The lowest BCUT2D eigenvalue weighted by atomic mass is 9.81. The second-order valence-electron chi connectivity index (χ2n) is 6.70. The topological polar surface area (TPSA) is 57.7 Å². The minimum atomic E-state index is -0.264. The van der Waals surface area contributed by atoms with Crippen LogP contribution in [0.5, 0.6) is 0 Å². The zero-order valence-corrected chi connectivity index (χ0v) is 13.3. The Morgan fingerprint density at radius 2 is 2.12 bits per heavy atom. The molecule has 0 radical (unpaired) electrons. The second kappa shape index (κ2) is 5.26. The summed E-state index contributed by atoms with van der Waals surface area (Å²) in [7, 11) is 0. The minimum Gasteiger partial charge on any atom is -0.351 e. The number of fused-ring (bicyclic) bond motifs is 2. The summed E-state index contributed by atoms with van der Waals surface area (Å²) >= 11 is 0. The molecule has 2 aromatic heterocycles. The van der Waals surface area contributed by atoms with E-state index < -0.39 is 0 Å². The van der Waals surface area contributed by atoms with Crippen LogP contribution in [-0.4, -0.2) is 26.7 Å². The van der Waals surface area contributed by atoms with E-state index in [1.807, 2.05) is 6.07 Å². The van der Waals surface area contributed by atoms with Crippen molar-refractivity contribution in [3.63, 3.8) is 0 Å². The van der Waals surface area contributed by atoms with E-state index in [4.69, 9.17) is 0 Å². The van der Waals surface area contributed by atoms with Crippen LogP contribution in [0.3, 0.4) is 0 Å². The molecule has 0 spiro atoms. The second-order valence-corrected chi connectivity index (χ2v) is 6.70. The molecule has 0 saturated heterocycles. The quantitative estimate of drug-likeness (QED) is 0.786. The van der Waals surface area contributed by atoms with Gasteiger partial charge in [0.2, 0.25) is 0 Å². The lowest BCUT2D eigenvalue weighted by Crippen LogP contribution is -2.32. The van der Waals surface area contributed by atoms with Crippen LogP contribution < -0.4 is 4.90 Å². The standard InChI is InChI=1S/C18H18FN5/c19-13-5-2-6-15-16(13)18(21-10-20-15)24-8-7-14-12(9-24)17(23-22-14)11-3-1-4-11/h2,5-6,10-11H,1,3-4,7-9H2,(H,22,23).